The Labute approximate surface area is 96.2 Å². The Morgan fingerprint density at radius 1 is 1.47 bits per heavy atom. The highest BCUT2D eigenvalue weighted by molar-refractivity contribution is 9.10. The van der Waals surface area contributed by atoms with Crippen molar-refractivity contribution in [2.24, 2.45) is 0 Å². The van der Waals surface area contributed by atoms with E-state index in [1.54, 1.807) is 6.07 Å². The zero-order valence-electron chi connectivity index (χ0n) is 8.12. The van der Waals surface area contributed by atoms with Gasteiger partial charge >= 0.3 is 0 Å². The minimum atomic E-state index is -0.348. The molecular formula is C11H12BrFO2. The lowest BCUT2D eigenvalue weighted by Gasteiger charge is -2.27. The number of hydrogen-bond donors (Lipinski definition) is 1. The molecule has 1 aliphatic rings. The highest BCUT2D eigenvalue weighted by Gasteiger charge is 2.24. The Kier molecular flexibility index (Phi) is 3.38. The molecule has 2 unspecified atom stereocenters. The molecule has 1 aromatic rings. The van der Waals surface area contributed by atoms with Gasteiger partial charge in [-0.3, -0.25) is 0 Å². The van der Waals surface area contributed by atoms with Crippen LogP contribution in [0.1, 0.15) is 24.5 Å². The van der Waals surface area contributed by atoms with Crippen molar-refractivity contribution in [1.29, 1.82) is 0 Å². The van der Waals surface area contributed by atoms with E-state index in [1.165, 1.54) is 6.07 Å². The zero-order valence-corrected chi connectivity index (χ0v) is 9.71. The molecule has 0 aliphatic carbocycles. The van der Waals surface area contributed by atoms with Gasteiger partial charge < -0.3 is 9.84 Å². The van der Waals surface area contributed by atoms with Crippen LogP contribution in [0.25, 0.3) is 0 Å². The smallest absolute Gasteiger partial charge is 0.137 e. The van der Waals surface area contributed by atoms with Crippen LogP contribution in [0.2, 0.25) is 0 Å². The number of hydrogen-bond acceptors (Lipinski definition) is 2. The van der Waals surface area contributed by atoms with E-state index in [9.17, 15) is 9.50 Å². The average Bonchev–Trinajstić information content (AvgIpc) is 2.22. The summed E-state index contributed by atoms with van der Waals surface area (Å²) in [6, 6.07) is 4.86. The first-order valence-corrected chi connectivity index (χ1v) is 5.71. The standard InChI is InChI=1S/C11H12BrFO2/c12-11-8(2-1-3-9(11)13)10-6-7(14)4-5-15-10/h1-3,7,10,14H,4-6H2. The third kappa shape index (κ3) is 2.38. The summed E-state index contributed by atoms with van der Waals surface area (Å²) in [4.78, 5) is 0. The lowest BCUT2D eigenvalue weighted by atomic mass is 9.99. The van der Waals surface area contributed by atoms with Crippen molar-refractivity contribution < 1.29 is 14.2 Å². The van der Waals surface area contributed by atoms with Crippen LogP contribution in [-0.4, -0.2) is 17.8 Å². The highest BCUT2D eigenvalue weighted by atomic mass is 79.9. The zero-order chi connectivity index (χ0) is 10.8. The van der Waals surface area contributed by atoms with Crippen molar-refractivity contribution in [1.82, 2.24) is 0 Å². The maximum Gasteiger partial charge on any atom is 0.137 e. The van der Waals surface area contributed by atoms with E-state index >= 15 is 0 Å². The second-order valence-corrected chi connectivity index (χ2v) is 4.47. The molecule has 0 spiro atoms. The fraction of sp³-hybridized carbons (Fsp3) is 0.455. The molecule has 2 nitrogen and oxygen atoms in total. The maximum atomic E-state index is 13.3. The number of halogens is 2. The van der Waals surface area contributed by atoms with Gasteiger partial charge in [0.15, 0.2) is 0 Å². The summed E-state index contributed by atoms with van der Waals surface area (Å²) in [5.74, 6) is -0.295. The van der Waals surface area contributed by atoms with Gasteiger partial charge in [-0.25, -0.2) is 4.39 Å². The Morgan fingerprint density at radius 3 is 3.00 bits per heavy atom. The first-order chi connectivity index (χ1) is 7.18. The molecule has 1 aliphatic heterocycles. The van der Waals surface area contributed by atoms with E-state index in [4.69, 9.17) is 4.74 Å². The lowest BCUT2D eigenvalue weighted by Crippen LogP contribution is -2.23. The number of benzene rings is 1. The molecule has 1 saturated heterocycles. The summed E-state index contributed by atoms with van der Waals surface area (Å²) in [6.07, 6.45) is 0.628. The van der Waals surface area contributed by atoms with E-state index in [2.05, 4.69) is 15.9 Å². The number of rotatable bonds is 1. The van der Waals surface area contributed by atoms with Crippen LogP contribution in [0.3, 0.4) is 0 Å². The topological polar surface area (TPSA) is 29.5 Å². The van der Waals surface area contributed by atoms with Crippen LogP contribution in [0.4, 0.5) is 4.39 Å². The molecule has 2 atom stereocenters. The monoisotopic (exact) mass is 274 g/mol. The normalized spacial score (nSPS) is 26.6. The molecular weight excluding hydrogens is 263 g/mol. The molecule has 1 N–H and O–H groups in total. The molecule has 1 heterocycles. The van der Waals surface area contributed by atoms with Crippen LogP contribution in [0, 0.1) is 5.82 Å². The van der Waals surface area contributed by atoms with E-state index in [0.29, 0.717) is 23.9 Å². The largest absolute Gasteiger partial charge is 0.393 e. The second kappa shape index (κ2) is 4.60. The quantitative estimate of drug-likeness (QED) is 0.854. The van der Waals surface area contributed by atoms with E-state index in [-0.39, 0.29) is 18.0 Å². The number of aliphatic hydroxyl groups is 1. The molecule has 15 heavy (non-hydrogen) atoms. The predicted molar refractivity (Wildman–Crippen MR) is 58.0 cm³/mol. The SMILES string of the molecule is OC1CCOC(c2cccc(F)c2Br)C1. The molecule has 2 rings (SSSR count). The van der Waals surface area contributed by atoms with Gasteiger partial charge in [-0.2, -0.15) is 0 Å². The fourth-order valence-corrected chi connectivity index (χ4v) is 2.28. The summed E-state index contributed by atoms with van der Waals surface area (Å²) in [5, 5.41) is 9.51. The third-order valence-corrected chi connectivity index (χ3v) is 3.42. The van der Waals surface area contributed by atoms with Crippen molar-refractivity contribution in [3.05, 3.63) is 34.1 Å². The van der Waals surface area contributed by atoms with Crippen LogP contribution in [-0.2, 0) is 4.74 Å². The average molecular weight is 275 g/mol. The fourth-order valence-electron chi connectivity index (χ4n) is 1.77. The van der Waals surface area contributed by atoms with Gasteiger partial charge in [0.1, 0.15) is 5.82 Å². The lowest BCUT2D eigenvalue weighted by molar-refractivity contribution is -0.0452. The number of ether oxygens (including phenoxy) is 1. The van der Waals surface area contributed by atoms with Gasteiger partial charge in [0.25, 0.3) is 0 Å². The van der Waals surface area contributed by atoms with Gasteiger partial charge in [0.2, 0.25) is 0 Å². The van der Waals surface area contributed by atoms with Crippen LogP contribution < -0.4 is 0 Å². The van der Waals surface area contributed by atoms with Gasteiger partial charge in [-0.05, 0) is 34.0 Å². The first kappa shape index (κ1) is 11.0. The molecule has 4 heteroatoms. The summed E-state index contributed by atoms with van der Waals surface area (Å²) < 4.78 is 19.2. The van der Waals surface area contributed by atoms with Crippen LogP contribution in [0.15, 0.2) is 22.7 Å². The maximum absolute atomic E-state index is 13.3. The molecule has 1 aromatic carbocycles. The van der Waals surface area contributed by atoms with Gasteiger partial charge in [-0.1, -0.05) is 12.1 Å². The molecule has 0 bridgehead atoms. The van der Waals surface area contributed by atoms with Crippen LogP contribution >= 0.6 is 15.9 Å². The molecule has 0 radical (unpaired) electrons. The van der Waals surface area contributed by atoms with Gasteiger partial charge in [0, 0.05) is 13.0 Å². The summed E-state index contributed by atoms with van der Waals surface area (Å²) in [7, 11) is 0. The van der Waals surface area contributed by atoms with Crippen LogP contribution in [0.5, 0.6) is 0 Å². The second-order valence-electron chi connectivity index (χ2n) is 3.68. The predicted octanol–water partition coefficient (Wildman–Crippen LogP) is 2.80. The summed E-state index contributed by atoms with van der Waals surface area (Å²) in [6.45, 7) is 0.523. The van der Waals surface area contributed by atoms with Crippen molar-refractivity contribution in [3.8, 4) is 0 Å². The van der Waals surface area contributed by atoms with Crippen molar-refractivity contribution in [3.63, 3.8) is 0 Å². The Balaban J connectivity index is 2.24. The van der Waals surface area contributed by atoms with Crippen molar-refractivity contribution in [2.75, 3.05) is 6.61 Å². The van der Waals surface area contributed by atoms with Gasteiger partial charge in [0.05, 0.1) is 16.7 Å². The van der Waals surface area contributed by atoms with E-state index in [0.717, 1.165) is 5.56 Å². The Morgan fingerprint density at radius 2 is 2.27 bits per heavy atom. The molecule has 1 fully saturated rings. The molecule has 0 saturated carbocycles. The van der Waals surface area contributed by atoms with Gasteiger partial charge in [-0.15, -0.1) is 0 Å². The van der Waals surface area contributed by atoms with Crippen molar-refractivity contribution >= 4 is 15.9 Å². The Hall–Kier alpha value is -0.450. The number of aliphatic hydroxyl groups excluding tert-OH is 1. The summed E-state index contributed by atoms with van der Waals surface area (Å²) in [5.41, 5.74) is 0.772. The molecule has 0 amide bonds. The Bertz CT molecular complexity index is 356. The molecule has 82 valence electrons. The molecule has 0 aromatic heterocycles. The van der Waals surface area contributed by atoms with Crippen molar-refractivity contribution in [2.45, 2.75) is 25.0 Å². The first-order valence-electron chi connectivity index (χ1n) is 4.92. The highest BCUT2D eigenvalue weighted by Crippen LogP contribution is 2.33. The third-order valence-electron chi connectivity index (χ3n) is 2.58. The van der Waals surface area contributed by atoms with E-state index < -0.39 is 0 Å². The minimum absolute atomic E-state index is 0.209. The minimum Gasteiger partial charge on any atom is -0.393 e. The van der Waals surface area contributed by atoms with E-state index in [1.807, 2.05) is 6.07 Å². The summed E-state index contributed by atoms with van der Waals surface area (Å²) >= 11 is 3.20.